The van der Waals surface area contributed by atoms with Gasteiger partial charge in [0, 0.05) is 29.7 Å². The van der Waals surface area contributed by atoms with Gasteiger partial charge in [-0.25, -0.2) is 4.57 Å². The van der Waals surface area contributed by atoms with Gasteiger partial charge in [-0.2, -0.15) is 0 Å². The Morgan fingerprint density at radius 1 is 0.739 bits per heavy atom. The molecule has 116 valence electrons. The van der Waals surface area contributed by atoms with Gasteiger partial charge in [-0.3, -0.25) is 4.79 Å². The van der Waals surface area contributed by atoms with Crippen molar-refractivity contribution in [3.05, 3.63) is 102 Å². The van der Waals surface area contributed by atoms with E-state index < -0.39 is 0 Å². The van der Waals surface area contributed by atoms with E-state index in [0.717, 1.165) is 17.7 Å². The van der Waals surface area contributed by atoms with Gasteiger partial charge in [0.15, 0.2) is 24.7 Å². The van der Waals surface area contributed by atoms with Crippen LogP contribution in [0.4, 0.5) is 0 Å². The lowest BCUT2D eigenvalue weighted by molar-refractivity contribution is -0.688. The van der Waals surface area contributed by atoms with Crippen molar-refractivity contribution < 1.29 is 21.8 Å². The molecule has 1 heterocycles. The molecule has 0 spiro atoms. The van der Waals surface area contributed by atoms with Crippen molar-refractivity contribution in [1.29, 1.82) is 0 Å². The zero-order chi connectivity index (χ0) is 15.2. The lowest BCUT2D eigenvalue weighted by atomic mass is 10.0. The summed E-state index contributed by atoms with van der Waals surface area (Å²) < 4.78 is 2.08. The average molecular weight is 324 g/mol. The molecule has 0 amide bonds. The van der Waals surface area contributed by atoms with E-state index in [4.69, 9.17) is 0 Å². The lowest BCUT2D eigenvalue weighted by Crippen LogP contribution is -3.00. The molecule has 23 heavy (non-hydrogen) atoms. The minimum atomic E-state index is 0. The number of halogens is 1. The molecule has 2 aromatic carbocycles. The Labute approximate surface area is 142 Å². The van der Waals surface area contributed by atoms with E-state index in [1.807, 2.05) is 73.1 Å². The molecular formula is C20H18ClNO. The quantitative estimate of drug-likeness (QED) is 0.493. The van der Waals surface area contributed by atoms with Crippen LogP contribution >= 0.6 is 0 Å². The van der Waals surface area contributed by atoms with Crippen molar-refractivity contribution in [3.8, 4) is 0 Å². The van der Waals surface area contributed by atoms with E-state index in [0.29, 0.717) is 6.42 Å². The summed E-state index contributed by atoms with van der Waals surface area (Å²) in [6.45, 7) is 0.813. The Morgan fingerprint density at radius 3 is 1.83 bits per heavy atom. The highest BCUT2D eigenvalue weighted by Gasteiger charge is 2.09. The van der Waals surface area contributed by atoms with Gasteiger partial charge in [-0.15, -0.1) is 0 Å². The smallest absolute Gasteiger partial charge is 0.173 e. The molecule has 3 rings (SSSR count). The highest BCUT2D eigenvalue weighted by Crippen LogP contribution is 2.06. The number of rotatable bonds is 5. The van der Waals surface area contributed by atoms with Gasteiger partial charge in [-0.05, 0) is 5.56 Å². The topological polar surface area (TPSA) is 20.9 Å². The third kappa shape index (κ3) is 4.76. The summed E-state index contributed by atoms with van der Waals surface area (Å²) in [5, 5.41) is 0. The first-order valence-electron chi connectivity index (χ1n) is 7.41. The summed E-state index contributed by atoms with van der Waals surface area (Å²) >= 11 is 0. The van der Waals surface area contributed by atoms with Gasteiger partial charge < -0.3 is 12.4 Å². The van der Waals surface area contributed by atoms with Crippen LogP contribution in [0, 0.1) is 0 Å². The molecule has 0 unspecified atom stereocenters. The summed E-state index contributed by atoms with van der Waals surface area (Å²) in [5.74, 6) is 0.151. The molecule has 0 saturated heterocycles. The van der Waals surface area contributed by atoms with Crippen LogP contribution in [0.2, 0.25) is 0 Å². The van der Waals surface area contributed by atoms with Gasteiger partial charge in [0.2, 0.25) is 0 Å². The van der Waals surface area contributed by atoms with Gasteiger partial charge in [0.05, 0.1) is 0 Å². The number of carbonyl (C=O) groups excluding carboxylic acids is 1. The maximum atomic E-state index is 12.3. The number of ketones is 1. The minimum absolute atomic E-state index is 0. The molecule has 0 radical (unpaired) electrons. The van der Waals surface area contributed by atoms with Crippen LogP contribution < -0.4 is 17.0 Å². The summed E-state index contributed by atoms with van der Waals surface area (Å²) in [7, 11) is 0. The van der Waals surface area contributed by atoms with Crippen LogP contribution in [0.25, 0.3) is 0 Å². The molecule has 3 aromatic rings. The number of pyridine rings is 1. The Bertz CT molecular complexity index is 740. The molecule has 0 N–H and O–H groups in total. The summed E-state index contributed by atoms with van der Waals surface area (Å²) in [4.78, 5) is 12.3. The summed E-state index contributed by atoms with van der Waals surface area (Å²) in [5.41, 5.74) is 3.05. The molecular weight excluding hydrogens is 306 g/mol. The van der Waals surface area contributed by atoms with Crippen molar-refractivity contribution in [2.24, 2.45) is 0 Å². The predicted octanol–water partition coefficient (Wildman–Crippen LogP) is 0.452. The van der Waals surface area contributed by atoms with E-state index >= 15 is 0 Å². The van der Waals surface area contributed by atoms with Crippen LogP contribution in [-0.4, -0.2) is 5.78 Å². The Morgan fingerprint density at radius 2 is 1.26 bits per heavy atom. The van der Waals surface area contributed by atoms with E-state index in [9.17, 15) is 4.79 Å². The zero-order valence-electron chi connectivity index (χ0n) is 12.7. The molecule has 0 aliphatic carbocycles. The first-order valence-corrected chi connectivity index (χ1v) is 7.41. The van der Waals surface area contributed by atoms with Crippen molar-refractivity contribution in [2.45, 2.75) is 13.0 Å². The summed E-state index contributed by atoms with van der Waals surface area (Å²) in [6.07, 6.45) is 4.37. The zero-order valence-corrected chi connectivity index (χ0v) is 13.5. The van der Waals surface area contributed by atoms with Gasteiger partial charge in [-0.1, -0.05) is 60.7 Å². The number of aromatic nitrogens is 1. The maximum absolute atomic E-state index is 12.3. The van der Waals surface area contributed by atoms with Gasteiger partial charge in [0.25, 0.3) is 0 Å². The molecule has 3 heteroatoms. The normalized spacial score (nSPS) is 9.91. The molecule has 0 aliphatic rings. The van der Waals surface area contributed by atoms with Crippen molar-refractivity contribution >= 4 is 5.78 Å². The molecule has 0 aliphatic heterocycles. The second-order valence-corrected chi connectivity index (χ2v) is 5.33. The first kappa shape index (κ1) is 16.9. The van der Waals surface area contributed by atoms with Crippen LogP contribution in [0.5, 0.6) is 0 Å². The van der Waals surface area contributed by atoms with Gasteiger partial charge in [0.1, 0.15) is 0 Å². The highest BCUT2D eigenvalue weighted by atomic mass is 35.5. The second-order valence-electron chi connectivity index (χ2n) is 5.33. The fourth-order valence-corrected chi connectivity index (χ4v) is 2.43. The van der Waals surface area contributed by atoms with E-state index in [-0.39, 0.29) is 18.2 Å². The molecule has 0 atom stereocenters. The second kappa shape index (κ2) is 8.25. The molecule has 1 aromatic heterocycles. The Hall–Kier alpha value is -2.45. The van der Waals surface area contributed by atoms with Crippen molar-refractivity contribution in [1.82, 2.24) is 0 Å². The van der Waals surface area contributed by atoms with Crippen LogP contribution in [0.1, 0.15) is 21.5 Å². The molecule has 0 saturated carbocycles. The molecule has 0 fully saturated rings. The standard InChI is InChI=1S/C20H18NO.ClH/c22-20(15-17-7-3-1-4-8-17)19-11-13-21(14-12-19)16-18-9-5-2-6-10-18;/h1-14H,15-16H2;1H/q+1;/p-1. The van der Waals surface area contributed by atoms with E-state index in [1.165, 1.54) is 5.56 Å². The lowest BCUT2D eigenvalue weighted by Gasteiger charge is -2.02. The number of nitrogens with zero attached hydrogens (tertiary/aromatic N) is 1. The Balaban J connectivity index is 0.00000192. The number of hydrogen-bond donors (Lipinski definition) is 0. The average Bonchev–Trinajstić information content (AvgIpc) is 2.57. The fraction of sp³-hybridized carbons (Fsp3) is 0.100. The van der Waals surface area contributed by atoms with Crippen LogP contribution in [0.3, 0.4) is 0 Å². The maximum Gasteiger partial charge on any atom is 0.173 e. The minimum Gasteiger partial charge on any atom is -1.00 e. The number of benzene rings is 2. The van der Waals surface area contributed by atoms with Gasteiger partial charge >= 0.3 is 0 Å². The number of hydrogen-bond acceptors (Lipinski definition) is 1. The molecule has 0 bridgehead atoms. The van der Waals surface area contributed by atoms with E-state index in [1.54, 1.807) is 0 Å². The first-order chi connectivity index (χ1) is 10.8. The number of carbonyl (C=O) groups is 1. The van der Waals surface area contributed by atoms with E-state index in [2.05, 4.69) is 16.7 Å². The number of Topliss-reactive ketones (excluding diaryl/α,β-unsaturated/α-hetero) is 1. The predicted molar refractivity (Wildman–Crippen MR) is 86.7 cm³/mol. The van der Waals surface area contributed by atoms with Crippen molar-refractivity contribution in [2.75, 3.05) is 0 Å². The van der Waals surface area contributed by atoms with Crippen molar-refractivity contribution in [3.63, 3.8) is 0 Å². The van der Waals surface area contributed by atoms with Crippen LogP contribution in [0.15, 0.2) is 85.2 Å². The monoisotopic (exact) mass is 323 g/mol. The fourth-order valence-electron chi connectivity index (χ4n) is 2.43. The summed E-state index contributed by atoms with van der Waals surface area (Å²) in [6, 6.07) is 23.9. The third-order valence-corrected chi connectivity index (χ3v) is 3.63. The molecule has 2 nitrogen and oxygen atoms in total. The largest absolute Gasteiger partial charge is 1.00 e. The third-order valence-electron chi connectivity index (χ3n) is 3.63. The SMILES string of the molecule is O=C(Cc1ccccc1)c1cc[n+](Cc2ccccc2)cc1.[Cl-]. The Kier molecular flexibility index (Phi) is 6.07. The van der Waals surface area contributed by atoms with Crippen LogP contribution in [-0.2, 0) is 13.0 Å². The highest BCUT2D eigenvalue weighted by molar-refractivity contribution is 5.97.